The van der Waals surface area contributed by atoms with Gasteiger partial charge in [0.15, 0.2) is 0 Å². The fourth-order valence-electron chi connectivity index (χ4n) is 3.39. The Labute approximate surface area is 182 Å². The van der Waals surface area contributed by atoms with Crippen LogP contribution in [0.2, 0.25) is 0 Å². The van der Waals surface area contributed by atoms with Crippen LogP contribution < -0.4 is 10.0 Å². The van der Waals surface area contributed by atoms with E-state index in [1.54, 1.807) is 0 Å². The summed E-state index contributed by atoms with van der Waals surface area (Å²) in [5, 5.41) is 14.6. The lowest BCUT2D eigenvalue weighted by molar-refractivity contribution is -0.384. The molecule has 168 valence electrons. The van der Waals surface area contributed by atoms with Gasteiger partial charge in [-0.1, -0.05) is 30.3 Å². The van der Waals surface area contributed by atoms with Crippen LogP contribution in [-0.4, -0.2) is 64.2 Å². The van der Waals surface area contributed by atoms with Gasteiger partial charge < -0.3 is 10.1 Å². The number of nitro groups is 1. The molecule has 1 saturated heterocycles. The van der Waals surface area contributed by atoms with E-state index in [1.807, 2.05) is 30.3 Å². The van der Waals surface area contributed by atoms with Gasteiger partial charge in [-0.2, -0.15) is 0 Å². The van der Waals surface area contributed by atoms with Gasteiger partial charge in [-0.05, 0) is 30.5 Å². The Morgan fingerprint density at radius 2 is 1.81 bits per heavy atom. The van der Waals surface area contributed by atoms with E-state index in [9.17, 15) is 18.5 Å². The number of nitro benzene ring substituents is 1. The first kappa shape index (κ1) is 23.1. The molecule has 1 heterocycles. The standard InChI is InChI=1S/C21H28N4O5S/c26-25(27)21-17-19(31(28,29)23-11-12-24-13-15-30-16-14-24)8-9-20(21)22-10-4-7-18-5-2-1-3-6-18/h1-3,5-6,8-9,17,22-23H,4,7,10-16H2. The second-order valence-electron chi connectivity index (χ2n) is 7.30. The zero-order valence-electron chi connectivity index (χ0n) is 17.3. The molecule has 1 aliphatic heterocycles. The second-order valence-corrected chi connectivity index (χ2v) is 9.07. The van der Waals surface area contributed by atoms with Crippen molar-refractivity contribution < 1.29 is 18.1 Å². The summed E-state index contributed by atoms with van der Waals surface area (Å²) in [7, 11) is -3.84. The van der Waals surface area contributed by atoms with Crippen LogP contribution in [0.1, 0.15) is 12.0 Å². The lowest BCUT2D eigenvalue weighted by atomic mass is 10.1. The first-order valence-corrected chi connectivity index (χ1v) is 11.8. The molecule has 0 amide bonds. The van der Waals surface area contributed by atoms with E-state index >= 15 is 0 Å². The first-order valence-electron chi connectivity index (χ1n) is 10.3. The van der Waals surface area contributed by atoms with Crippen molar-refractivity contribution in [3.8, 4) is 0 Å². The van der Waals surface area contributed by atoms with Gasteiger partial charge >= 0.3 is 0 Å². The maximum atomic E-state index is 12.6. The van der Waals surface area contributed by atoms with Crippen molar-refractivity contribution in [2.75, 3.05) is 51.3 Å². The van der Waals surface area contributed by atoms with Gasteiger partial charge in [0.2, 0.25) is 10.0 Å². The Hall–Kier alpha value is -2.53. The lowest BCUT2D eigenvalue weighted by Crippen LogP contribution is -2.41. The number of morpholine rings is 1. The molecule has 0 radical (unpaired) electrons. The number of rotatable bonds is 11. The van der Waals surface area contributed by atoms with Gasteiger partial charge in [-0.3, -0.25) is 15.0 Å². The number of nitrogens with one attached hydrogen (secondary N) is 2. The fraction of sp³-hybridized carbons (Fsp3) is 0.429. The average Bonchev–Trinajstić information content (AvgIpc) is 2.78. The third-order valence-electron chi connectivity index (χ3n) is 5.10. The van der Waals surface area contributed by atoms with Gasteiger partial charge in [0.25, 0.3) is 5.69 Å². The summed E-state index contributed by atoms with van der Waals surface area (Å²) in [4.78, 5) is 12.9. The minimum absolute atomic E-state index is 0.115. The molecular weight excluding hydrogens is 420 g/mol. The number of aryl methyl sites for hydroxylation is 1. The summed E-state index contributed by atoms with van der Waals surface area (Å²) in [6.45, 7) is 4.13. The molecule has 0 atom stereocenters. The summed E-state index contributed by atoms with van der Waals surface area (Å²) in [6, 6.07) is 13.9. The normalized spacial score (nSPS) is 15.0. The summed E-state index contributed by atoms with van der Waals surface area (Å²) in [5.74, 6) is 0. The molecule has 0 saturated carbocycles. The van der Waals surface area contributed by atoms with Crippen LogP contribution in [0.25, 0.3) is 0 Å². The van der Waals surface area contributed by atoms with Crippen LogP contribution in [0.5, 0.6) is 0 Å². The minimum atomic E-state index is -3.84. The molecule has 0 aliphatic carbocycles. The molecule has 9 nitrogen and oxygen atoms in total. The van der Waals surface area contributed by atoms with Crippen LogP contribution in [0.3, 0.4) is 0 Å². The molecule has 0 unspecified atom stereocenters. The summed E-state index contributed by atoms with van der Waals surface area (Å²) >= 11 is 0. The SMILES string of the molecule is O=[N+]([O-])c1cc(S(=O)(=O)NCCN2CCOCC2)ccc1NCCCc1ccccc1. The van der Waals surface area contributed by atoms with Crippen LogP contribution in [0.4, 0.5) is 11.4 Å². The maximum absolute atomic E-state index is 12.6. The van der Waals surface area contributed by atoms with Crippen molar-refractivity contribution in [2.24, 2.45) is 0 Å². The Bertz CT molecular complexity index is 963. The summed E-state index contributed by atoms with van der Waals surface area (Å²) < 4.78 is 33.0. The van der Waals surface area contributed by atoms with Gasteiger partial charge in [-0.25, -0.2) is 13.1 Å². The molecule has 2 aromatic carbocycles. The highest BCUT2D eigenvalue weighted by Crippen LogP contribution is 2.27. The smallest absolute Gasteiger partial charge is 0.293 e. The van der Waals surface area contributed by atoms with Crippen molar-refractivity contribution in [3.63, 3.8) is 0 Å². The van der Waals surface area contributed by atoms with Gasteiger partial charge in [0, 0.05) is 38.8 Å². The van der Waals surface area contributed by atoms with Crippen LogP contribution in [0, 0.1) is 10.1 Å². The summed E-state index contributed by atoms with van der Waals surface area (Å²) in [5.41, 5.74) is 1.25. The first-order chi connectivity index (χ1) is 15.0. The van der Waals surface area contributed by atoms with Crippen molar-refractivity contribution >= 4 is 21.4 Å². The highest BCUT2D eigenvalue weighted by atomic mass is 32.2. The largest absolute Gasteiger partial charge is 0.379 e. The summed E-state index contributed by atoms with van der Waals surface area (Å²) in [6.07, 6.45) is 1.64. The number of nitrogens with zero attached hydrogens (tertiary/aromatic N) is 2. The van der Waals surface area contributed by atoms with Crippen molar-refractivity contribution in [3.05, 3.63) is 64.2 Å². The number of benzene rings is 2. The highest BCUT2D eigenvalue weighted by molar-refractivity contribution is 7.89. The van der Waals surface area contributed by atoms with Crippen LogP contribution in [-0.2, 0) is 21.2 Å². The third kappa shape index (κ3) is 7.00. The molecule has 1 fully saturated rings. The quantitative estimate of drug-likeness (QED) is 0.308. The average molecular weight is 449 g/mol. The topological polar surface area (TPSA) is 114 Å². The Kier molecular flexibility index (Phi) is 8.35. The van der Waals surface area contributed by atoms with E-state index in [0.717, 1.165) is 32.0 Å². The number of ether oxygens (including phenoxy) is 1. The van der Waals surface area contributed by atoms with Gasteiger partial charge in [0.05, 0.1) is 23.0 Å². The molecule has 2 aromatic rings. The Balaban J connectivity index is 1.57. The molecule has 1 aliphatic rings. The number of sulfonamides is 1. The van der Waals surface area contributed by atoms with E-state index in [-0.39, 0.29) is 17.1 Å². The fourth-order valence-corrected chi connectivity index (χ4v) is 4.43. The molecule has 0 bridgehead atoms. The molecule has 0 spiro atoms. The number of anilines is 1. The monoisotopic (exact) mass is 448 g/mol. The molecule has 10 heteroatoms. The molecule has 3 rings (SSSR count). The zero-order chi connectivity index (χ0) is 22.1. The van der Waals surface area contributed by atoms with E-state index in [0.29, 0.717) is 32.0 Å². The van der Waals surface area contributed by atoms with Crippen molar-refractivity contribution in [1.82, 2.24) is 9.62 Å². The Morgan fingerprint density at radius 3 is 2.52 bits per heavy atom. The van der Waals surface area contributed by atoms with E-state index in [2.05, 4.69) is 14.9 Å². The van der Waals surface area contributed by atoms with Crippen LogP contribution in [0.15, 0.2) is 53.4 Å². The third-order valence-corrected chi connectivity index (χ3v) is 6.56. The lowest BCUT2D eigenvalue weighted by Gasteiger charge is -2.26. The van der Waals surface area contributed by atoms with Gasteiger partial charge in [0.1, 0.15) is 5.69 Å². The minimum Gasteiger partial charge on any atom is -0.379 e. The molecule has 0 aromatic heterocycles. The van der Waals surface area contributed by atoms with Crippen molar-refractivity contribution in [2.45, 2.75) is 17.7 Å². The van der Waals surface area contributed by atoms with Crippen LogP contribution >= 0.6 is 0 Å². The second kappa shape index (κ2) is 11.2. The van der Waals surface area contributed by atoms with E-state index in [1.165, 1.54) is 17.7 Å². The Morgan fingerprint density at radius 1 is 1.06 bits per heavy atom. The predicted molar refractivity (Wildman–Crippen MR) is 119 cm³/mol. The number of hydrogen-bond donors (Lipinski definition) is 2. The highest BCUT2D eigenvalue weighted by Gasteiger charge is 2.21. The van der Waals surface area contributed by atoms with Crippen molar-refractivity contribution in [1.29, 1.82) is 0 Å². The van der Waals surface area contributed by atoms with E-state index in [4.69, 9.17) is 4.74 Å². The zero-order valence-corrected chi connectivity index (χ0v) is 18.1. The molecular formula is C21H28N4O5S. The van der Waals surface area contributed by atoms with E-state index < -0.39 is 14.9 Å². The number of hydrogen-bond acceptors (Lipinski definition) is 7. The molecule has 31 heavy (non-hydrogen) atoms. The predicted octanol–water partition coefficient (Wildman–Crippen LogP) is 2.25. The van der Waals surface area contributed by atoms with Gasteiger partial charge in [-0.15, -0.1) is 0 Å². The molecule has 2 N–H and O–H groups in total. The maximum Gasteiger partial charge on any atom is 0.293 e.